The molecule has 1 heterocycles. The Kier molecular flexibility index (Phi) is 5.75. The first-order chi connectivity index (χ1) is 13.5. The average Bonchev–Trinajstić information content (AvgIpc) is 3.03. The van der Waals surface area contributed by atoms with Crippen molar-refractivity contribution < 1.29 is 19.2 Å². The van der Waals surface area contributed by atoms with Crippen molar-refractivity contribution in [1.29, 1.82) is 0 Å². The van der Waals surface area contributed by atoms with Gasteiger partial charge < -0.3 is 9.30 Å². The maximum atomic E-state index is 12.3. The molecule has 0 atom stereocenters. The summed E-state index contributed by atoms with van der Waals surface area (Å²) in [6, 6.07) is 13.5. The van der Waals surface area contributed by atoms with Crippen LogP contribution in [-0.4, -0.2) is 28.5 Å². The van der Waals surface area contributed by atoms with Crippen LogP contribution >= 0.6 is 11.3 Å². The first-order valence-electron chi connectivity index (χ1n) is 8.14. The van der Waals surface area contributed by atoms with E-state index >= 15 is 0 Å². The molecule has 1 amide bonds. The van der Waals surface area contributed by atoms with Gasteiger partial charge in [0.25, 0.3) is 11.6 Å². The summed E-state index contributed by atoms with van der Waals surface area (Å²) < 4.78 is 6.78. The number of hydrogen-bond donors (Lipinski definition) is 0. The molecule has 3 rings (SSSR count). The van der Waals surface area contributed by atoms with E-state index in [1.165, 1.54) is 29.9 Å². The van der Waals surface area contributed by atoms with Crippen molar-refractivity contribution in [2.45, 2.75) is 6.54 Å². The molecule has 0 radical (unpaired) electrons. The topological polar surface area (TPSA) is 104 Å². The molecule has 28 heavy (non-hydrogen) atoms. The van der Waals surface area contributed by atoms with Gasteiger partial charge >= 0.3 is 5.97 Å². The van der Waals surface area contributed by atoms with Gasteiger partial charge in [0.1, 0.15) is 6.54 Å². The quantitative estimate of drug-likeness (QED) is 0.285. The van der Waals surface area contributed by atoms with Crippen LogP contribution < -0.4 is 4.80 Å². The second-order valence-corrected chi connectivity index (χ2v) is 6.66. The average molecular weight is 397 g/mol. The molecule has 0 saturated carbocycles. The fourth-order valence-electron chi connectivity index (χ4n) is 2.47. The third-order valence-electron chi connectivity index (χ3n) is 3.81. The normalized spacial score (nSPS) is 11.8. The van der Waals surface area contributed by atoms with Crippen LogP contribution in [0, 0.1) is 10.1 Å². The van der Waals surface area contributed by atoms with Crippen molar-refractivity contribution in [1.82, 2.24) is 4.57 Å². The van der Waals surface area contributed by atoms with E-state index < -0.39 is 16.8 Å². The molecule has 0 saturated heterocycles. The van der Waals surface area contributed by atoms with Crippen molar-refractivity contribution in [2.24, 2.45) is 4.99 Å². The van der Waals surface area contributed by atoms with E-state index in [2.05, 4.69) is 9.73 Å². The van der Waals surface area contributed by atoms with Crippen LogP contribution in [0.2, 0.25) is 0 Å². The van der Waals surface area contributed by atoms with Gasteiger partial charge in [-0.05, 0) is 17.7 Å². The Morgan fingerprint density at radius 2 is 2.00 bits per heavy atom. The number of fused-ring (bicyclic) bond motifs is 1. The van der Waals surface area contributed by atoms with Gasteiger partial charge in [-0.3, -0.25) is 19.7 Å². The third-order valence-corrected chi connectivity index (χ3v) is 4.87. The lowest BCUT2D eigenvalue weighted by Gasteiger charge is -2.03. The smallest absolute Gasteiger partial charge is 0.325 e. The number of aromatic nitrogens is 1. The molecular weight excluding hydrogens is 382 g/mol. The largest absolute Gasteiger partial charge is 0.468 e. The lowest BCUT2D eigenvalue weighted by Crippen LogP contribution is -2.22. The van der Waals surface area contributed by atoms with Crippen LogP contribution in [0.25, 0.3) is 16.3 Å². The summed E-state index contributed by atoms with van der Waals surface area (Å²) in [6.07, 6.45) is 2.96. The minimum absolute atomic E-state index is 0.120. The minimum Gasteiger partial charge on any atom is -0.468 e. The Morgan fingerprint density at radius 3 is 2.68 bits per heavy atom. The fraction of sp³-hybridized carbons (Fsp3) is 0.105. The Balaban J connectivity index is 2.05. The Labute approximate surface area is 163 Å². The number of ether oxygens (including phenoxy) is 1. The molecule has 0 N–H and O–H groups in total. The molecule has 0 aliphatic rings. The number of hydrogen-bond acceptors (Lipinski definition) is 6. The van der Waals surface area contributed by atoms with E-state index in [1.807, 2.05) is 30.3 Å². The molecular formula is C19H15N3O5S. The number of nitrogens with zero attached hydrogens (tertiary/aromatic N) is 3. The lowest BCUT2D eigenvalue weighted by atomic mass is 10.2. The molecule has 8 nitrogen and oxygen atoms in total. The second kappa shape index (κ2) is 8.40. The van der Waals surface area contributed by atoms with Gasteiger partial charge in [0.05, 0.1) is 22.2 Å². The Bertz CT molecular complexity index is 1150. The number of benzene rings is 2. The summed E-state index contributed by atoms with van der Waals surface area (Å²) in [6.45, 7) is -0.216. The highest BCUT2D eigenvalue weighted by atomic mass is 32.1. The van der Waals surface area contributed by atoms with Crippen molar-refractivity contribution in [3.8, 4) is 0 Å². The molecule has 0 unspecified atom stereocenters. The number of nitro groups is 1. The third kappa shape index (κ3) is 4.38. The molecule has 0 spiro atoms. The first kappa shape index (κ1) is 19.2. The first-order valence-corrected chi connectivity index (χ1v) is 8.96. The highest BCUT2D eigenvalue weighted by Gasteiger charge is 2.15. The molecule has 3 aromatic rings. The van der Waals surface area contributed by atoms with E-state index in [9.17, 15) is 19.7 Å². The van der Waals surface area contributed by atoms with E-state index in [1.54, 1.807) is 12.1 Å². The number of carbonyl (C=O) groups is 2. The van der Waals surface area contributed by atoms with Crippen LogP contribution in [0.15, 0.2) is 59.6 Å². The Morgan fingerprint density at radius 1 is 1.25 bits per heavy atom. The molecule has 142 valence electrons. The van der Waals surface area contributed by atoms with E-state index in [0.29, 0.717) is 10.2 Å². The summed E-state index contributed by atoms with van der Waals surface area (Å²) in [5, 5.41) is 11.1. The number of non-ortho nitro benzene ring substituents is 1. The van der Waals surface area contributed by atoms with E-state index in [4.69, 9.17) is 0 Å². The van der Waals surface area contributed by atoms with Crippen LogP contribution in [0.5, 0.6) is 0 Å². The molecule has 9 heteroatoms. The zero-order chi connectivity index (χ0) is 20.1. The van der Waals surface area contributed by atoms with Crippen LogP contribution in [0.4, 0.5) is 5.69 Å². The number of methoxy groups -OCH3 is 1. The van der Waals surface area contributed by atoms with Crippen molar-refractivity contribution in [3.05, 3.63) is 75.1 Å². The molecule has 2 aromatic carbocycles. The SMILES string of the molecule is COC(=O)Cn1c(=NC(=O)/C=C/c2ccccc2)sc2ccc([N+](=O)[O-])cc21. The summed E-state index contributed by atoms with van der Waals surface area (Å²) in [4.78, 5) is 38.9. The van der Waals surface area contributed by atoms with Crippen molar-refractivity contribution in [3.63, 3.8) is 0 Å². The highest BCUT2D eigenvalue weighted by molar-refractivity contribution is 7.16. The molecule has 1 aromatic heterocycles. The van der Waals surface area contributed by atoms with Crippen LogP contribution in [0.3, 0.4) is 0 Å². The van der Waals surface area contributed by atoms with Gasteiger partial charge in [-0.25, -0.2) is 0 Å². The molecule has 0 fully saturated rings. The standard InChI is InChI=1S/C19H15N3O5S/c1-27-18(24)12-21-15-11-14(22(25)26)8-9-16(15)28-19(21)20-17(23)10-7-13-5-3-2-4-6-13/h2-11H,12H2,1H3/b10-7+,20-19?. The van der Waals surface area contributed by atoms with Gasteiger partial charge in [0.15, 0.2) is 4.80 Å². The number of thiazole rings is 1. The summed E-state index contributed by atoms with van der Waals surface area (Å²) >= 11 is 1.16. The number of rotatable bonds is 5. The highest BCUT2D eigenvalue weighted by Crippen LogP contribution is 2.23. The maximum Gasteiger partial charge on any atom is 0.325 e. The minimum atomic E-state index is -0.556. The summed E-state index contributed by atoms with van der Waals surface area (Å²) in [7, 11) is 1.24. The van der Waals surface area contributed by atoms with Gasteiger partial charge in [-0.1, -0.05) is 41.7 Å². The van der Waals surface area contributed by atoms with Crippen molar-refractivity contribution in [2.75, 3.05) is 7.11 Å². The summed E-state index contributed by atoms with van der Waals surface area (Å²) in [5.41, 5.74) is 1.16. The zero-order valence-corrected chi connectivity index (χ0v) is 15.6. The lowest BCUT2D eigenvalue weighted by molar-refractivity contribution is -0.384. The number of carbonyl (C=O) groups excluding carboxylic acids is 2. The number of amides is 1. The zero-order valence-electron chi connectivity index (χ0n) is 14.8. The van der Waals surface area contributed by atoms with E-state index in [-0.39, 0.29) is 17.0 Å². The number of nitro benzene ring substituents is 1. The molecule has 0 aliphatic heterocycles. The fourth-order valence-corrected chi connectivity index (χ4v) is 3.48. The monoisotopic (exact) mass is 397 g/mol. The van der Waals surface area contributed by atoms with Crippen LogP contribution in [0.1, 0.15) is 5.56 Å². The van der Waals surface area contributed by atoms with Gasteiger partial charge in [-0.2, -0.15) is 4.99 Å². The van der Waals surface area contributed by atoms with Gasteiger partial charge in [-0.15, -0.1) is 0 Å². The predicted molar refractivity (Wildman–Crippen MR) is 105 cm³/mol. The van der Waals surface area contributed by atoms with E-state index in [0.717, 1.165) is 16.9 Å². The van der Waals surface area contributed by atoms with Gasteiger partial charge in [0.2, 0.25) is 0 Å². The second-order valence-electron chi connectivity index (χ2n) is 5.65. The van der Waals surface area contributed by atoms with Crippen LogP contribution in [-0.2, 0) is 20.9 Å². The Hall–Kier alpha value is -3.59. The predicted octanol–water partition coefficient (Wildman–Crippen LogP) is 2.92. The van der Waals surface area contributed by atoms with Gasteiger partial charge in [0, 0.05) is 18.2 Å². The summed E-state index contributed by atoms with van der Waals surface area (Å²) in [5.74, 6) is -1.07. The maximum absolute atomic E-state index is 12.3. The molecule has 0 aliphatic carbocycles. The number of esters is 1. The molecule has 0 bridgehead atoms. The van der Waals surface area contributed by atoms with Crippen molar-refractivity contribution >= 4 is 45.2 Å².